The summed E-state index contributed by atoms with van der Waals surface area (Å²) in [6.07, 6.45) is 1.59. The summed E-state index contributed by atoms with van der Waals surface area (Å²) in [5.74, 6) is -0.475. The molecule has 0 aliphatic carbocycles. The summed E-state index contributed by atoms with van der Waals surface area (Å²) in [5, 5.41) is 12.3. The van der Waals surface area contributed by atoms with Crippen LogP contribution in [0.1, 0.15) is 16.7 Å². The number of nitrogens with zero attached hydrogens (tertiary/aromatic N) is 1. The van der Waals surface area contributed by atoms with Crippen molar-refractivity contribution in [3.8, 4) is 6.07 Å². The standard InChI is InChI=1S/C18H15ClN2O/c1-12-7-8-13(2)14(9-12)10-15(11-20)18(22)21-17-6-4-3-5-16(17)19/h3-10H,1-2H3,(H,21,22)/b15-10+. The number of benzene rings is 2. The highest BCUT2D eigenvalue weighted by atomic mass is 35.5. The molecule has 1 N–H and O–H groups in total. The van der Waals surface area contributed by atoms with Gasteiger partial charge in [-0.05, 0) is 43.2 Å². The second kappa shape index (κ2) is 6.93. The van der Waals surface area contributed by atoms with Crippen molar-refractivity contribution in [2.45, 2.75) is 13.8 Å². The zero-order chi connectivity index (χ0) is 16.1. The van der Waals surface area contributed by atoms with Crippen LogP contribution >= 0.6 is 11.6 Å². The first kappa shape index (κ1) is 15.8. The maximum absolute atomic E-state index is 12.2. The van der Waals surface area contributed by atoms with Crippen LogP contribution in [0.5, 0.6) is 0 Å². The van der Waals surface area contributed by atoms with E-state index in [0.29, 0.717) is 10.7 Å². The fourth-order valence-corrected chi connectivity index (χ4v) is 2.15. The van der Waals surface area contributed by atoms with Gasteiger partial charge in [-0.2, -0.15) is 5.26 Å². The highest BCUT2D eigenvalue weighted by Gasteiger charge is 2.11. The third-order valence-corrected chi connectivity index (χ3v) is 3.55. The molecule has 0 aromatic heterocycles. The van der Waals surface area contributed by atoms with E-state index in [2.05, 4.69) is 5.32 Å². The van der Waals surface area contributed by atoms with Crippen molar-refractivity contribution in [2.24, 2.45) is 0 Å². The molecule has 3 nitrogen and oxygen atoms in total. The minimum atomic E-state index is -0.475. The van der Waals surface area contributed by atoms with Crippen molar-refractivity contribution in [3.63, 3.8) is 0 Å². The molecule has 0 aliphatic rings. The molecule has 0 atom stereocenters. The molecule has 4 heteroatoms. The van der Waals surface area contributed by atoms with Crippen LogP contribution in [0.4, 0.5) is 5.69 Å². The van der Waals surface area contributed by atoms with E-state index in [1.165, 1.54) is 0 Å². The van der Waals surface area contributed by atoms with Gasteiger partial charge < -0.3 is 5.32 Å². The van der Waals surface area contributed by atoms with E-state index >= 15 is 0 Å². The number of nitrogens with one attached hydrogen (secondary N) is 1. The summed E-state index contributed by atoms with van der Waals surface area (Å²) in [4.78, 5) is 12.2. The molecule has 1 amide bonds. The van der Waals surface area contributed by atoms with Crippen molar-refractivity contribution in [2.75, 3.05) is 5.32 Å². The summed E-state index contributed by atoms with van der Waals surface area (Å²) in [7, 11) is 0. The molecule has 0 saturated heterocycles. The summed E-state index contributed by atoms with van der Waals surface area (Å²) in [6, 6.07) is 14.7. The first-order valence-electron chi connectivity index (χ1n) is 6.76. The van der Waals surface area contributed by atoms with Gasteiger partial charge in [0.2, 0.25) is 0 Å². The van der Waals surface area contributed by atoms with Crippen molar-refractivity contribution in [3.05, 3.63) is 69.8 Å². The van der Waals surface area contributed by atoms with Crippen LogP contribution < -0.4 is 5.32 Å². The average molecular weight is 311 g/mol. The van der Waals surface area contributed by atoms with Crippen molar-refractivity contribution in [1.82, 2.24) is 0 Å². The smallest absolute Gasteiger partial charge is 0.266 e. The van der Waals surface area contributed by atoms with Gasteiger partial charge in [0, 0.05) is 0 Å². The number of para-hydroxylation sites is 1. The molecule has 0 aliphatic heterocycles. The fraction of sp³-hybridized carbons (Fsp3) is 0.111. The largest absolute Gasteiger partial charge is 0.320 e. The van der Waals surface area contributed by atoms with Gasteiger partial charge in [-0.25, -0.2) is 0 Å². The number of hydrogen-bond acceptors (Lipinski definition) is 2. The van der Waals surface area contributed by atoms with Gasteiger partial charge in [-0.15, -0.1) is 0 Å². The van der Waals surface area contributed by atoms with E-state index in [1.54, 1.807) is 30.3 Å². The van der Waals surface area contributed by atoms with Gasteiger partial charge in [0.15, 0.2) is 0 Å². The minimum Gasteiger partial charge on any atom is -0.320 e. The van der Waals surface area contributed by atoms with Gasteiger partial charge in [0.05, 0.1) is 10.7 Å². The van der Waals surface area contributed by atoms with E-state index < -0.39 is 5.91 Å². The van der Waals surface area contributed by atoms with Crippen molar-refractivity contribution in [1.29, 1.82) is 5.26 Å². The van der Waals surface area contributed by atoms with Crippen LogP contribution in [0.2, 0.25) is 5.02 Å². The maximum atomic E-state index is 12.2. The molecular formula is C18H15ClN2O. The number of hydrogen-bond donors (Lipinski definition) is 1. The van der Waals surface area contributed by atoms with Crippen LogP contribution in [0.3, 0.4) is 0 Å². The number of amides is 1. The molecule has 0 saturated carbocycles. The van der Waals surface area contributed by atoms with Gasteiger partial charge >= 0.3 is 0 Å². The number of halogens is 1. The topological polar surface area (TPSA) is 52.9 Å². The van der Waals surface area contributed by atoms with E-state index in [9.17, 15) is 10.1 Å². The summed E-state index contributed by atoms with van der Waals surface area (Å²) >= 11 is 6.01. The number of carbonyl (C=O) groups is 1. The third kappa shape index (κ3) is 3.75. The van der Waals surface area contributed by atoms with E-state index in [1.807, 2.05) is 38.1 Å². The monoisotopic (exact) mass is 310 g/mol. The van der Waals surface area contributed by atoms with Crippen LogP contribution in [0.15, 0.2) is 48.0 Å². The third-order valence-electron chi connectivity index (χ3n) is 3.22. The van der Waals surface area contributed by atoms with Crippen LogP contribution in [-0.4, -0.2) is 5.91 Å². The lowest BCUT2D eigenvalue weighted by atomic mass is 10.0. The molecule has 2 rings (SSSR count). The molecule has 22 heavy (non-hydrogen) atoms. The molecule has 0 spiro atoms. The number of nitriles is 1. The Balaban J connectivity index is 2.30. The van der Waals surface area contributed by atoms with Crippen LogP contribution in [0.25, 0.3) is 6.08 Å². The van der Waals surface area contributed by atoms with E-state index in [0.717, 1.165) is 16.7 Å². The Morgan fingerprint density at radius 2 is 1.95 bits per heavy atom. The second-order valence-electron chi connectivity index (χ2n) is 4.96. The zero-order valence-electron chi connectivity index (χ0n) is 12.4. The first-order valence-corrected chi connectivity index (χ1v) is 7.14. The zero-order valence-corrected chi connectivity index (χ0v) is 13.1. The van der Waals surface area contributed by atoms with Crippen molar-refractivity contribution >= 4 is 29.3 Å². The van der Waals surface area contributed by atoms with Crippen LogP contribution in [0, 0.1) is 25.2 Å². The summed E-state index contributed by atoms with van der Waals surface area (Å²) < 4.78 is 0. The lowest BCUT2D eigenvalue weighted by molar-refractivity contribution is -0.112. The Kier molecular flexibility index (Phi) is 4.98. The molecule has 2 aromatic carbocycles. The summed E-state index contributed by atoms with van der Waals surface area (Å²) in [6.45, 7) is 3.90. The molecule has 0 radical (unpaired) electrons. The number of carbonyl (C=O) groups excluding carboxylic acids is 1. The number of anilines is 1. The Hall–Kier alpha value is -2.57. The fourth-order valence-electron chi connectivity index (χ4n) is 1.97. The first-order chi connectivity index (χ1) is 10.5. The lowest BCUT2D eigenvalue weighted by Crippen LogP contribution is -2.13. The average Bonchev–Trinajstić information content (AvgIpc) is 2.50. The number of aryl methyl sites for hydroxylation is 2. The number of rotatable bonds is 3. The minimum absolute atomic E-state index is 0.0358. The lowest BCUT2D eigenvalue weighted by Gasteiger charge is -2.07. The maximum Gasteiger partial charge on any atom is 0.266 e. The van der Waals surface area contributed by atoms with Crippen molar-refractivity contribution < 1.29 is 4.79 Å². The highest BCUT2D eigenvalue weighted by molar-refractivity contribution is 6.34. The SMILES string of the molecule is Cc1ccc(C)c(/C=C(\C#N)C(=O)Nc2ccccc2Cl)c1. The van der Waals surface area contributed by atoms with E-state index in [-0.39, 0.29) is 5.57 Å². The molecule has 110 valence electrons. The Bertz CT molecular complexity index is 788. The molecular weight excluding hydrogens is 296 g/mol. The van der Waals surface area contributed by atoms with E-state index in [4.69, 9.17) is 11.6 Å². The Morgan fingerprint density at radius 1 is 1.23 bits per heavy atom. The normalized spacial score (nSPS) is 10.9. The summed E-state index contributed by atoms with van der Waals surface area (Å²) in [5.41, 5.74) is 3.44. The highest BCUT2D eigenvalue weighted by Crippen LogP contribution is 2.21. The molecule has 0 heterocycles. The molecule has 2 aromatic rings. The molecule has 0 fully saturated rings. The quantitative estimate of drug-likeness (QED) is 0.670. The van der Waals surface area contributed by atoms with Crippen LogP contribution in [-0.2, 0) is 4.79 Å². The Morgan fingerprint density at radius 3 is 2.64 bits per heavy atom. The van der Waals surface area contributed by atoms with Gasteiger partial charge in [-0.1, -0.05) is 47.5 Å². The van der Waals surface area contributed by atoms with Gasteiger partial charge in [0.1, 0.15) is 11.6 Å². The van der Waals surface area contributed by atoms with Gasteiger partial charge in [-0.3, -0.25) is 4.79 Å². The molecule has 0 bridgehead atoms. The Labute approximate surface area is 134 Å². The predicted molar refractivity (Wildman–Crippen MR) is 89.6 cm³/mol. The van der Waals surface area contributed by atoms with Gasteiger partial charge in [0.25, 0.3) is 5.91 Å². The second-order valence-corrected chi connectivity index (χ2v) is 5.37. The predicted octanol–water partition coefficient (Wildman–Crippen LogP) is 4.50. The molecule has 0 unspecified atom stereocenters.